The van der Waals surface area contributed by atoms with E-state index in [4.69, 9.17) is 5.11 Å². The van der Waals surface area contributed by atoms with Gasteiger partial charge in [0.25, 0.3) is 0 Å². The van der Waals surface area contributed by atoms with E-state index >= 15 is 0 Å². The number of amides is 4. The number of hydrogen-bond acceptors (Lipinski definition) is 4. The van der Waals surface area contributed by atoms with Crippen molar-refractivity contribution in [2.24, 2.45) is 5.41 Å². The van der Waals surface area contributed by atoms with Crippen molar-refractivity contribution in [1.82, 2.24) is 10.6 Å². The number of carboxylic acids is 1. The van der Waals surface area contributed by atoms with Crippen LogP contribution in [-0.4, -0.2) is 28.9 Å². The lowest BCUT2D eigenvalue weighted by Gasteiger charge is -2.36. The quantitative estimate of drug-likeness (QED) is 0.415. The van der Waals surface area contributed by atoms with Crippen molar-refractivity contribution in [1.29, 1.82) is 0 Å². The molecule has 0 aromatic heterocycles. The second kappa shape index (κ2) is 7.53. The number of allylic oxidation sites excluding steroid dienone is 1. The van der Waals surface area contributed by atoms with E-state index in [0.717, 1.165) is 37.3 Å². The minimum atomic E-state index is -1.17. The Balaban J connectivity index is 0.000000422. The van der Waals surface area contributed by atoms with Crippen LogP contribution in [0.15, 0.2) is 24.3 Å². The SMILES string of the molecule is C=CC(=O)O.CCC1(C2=CCCCC2)C(=O)NC(=O)NC1=O. The molecule has 1 aliphatic carbocycles. The van der Waals surface area contributed by atoms with Gasteiger partial charge >= 0.3 is 12.0 Å². The molecule has 1 aliphatic heterocycles. The number of rotatable bonds is 3. The Bertz CT molecular complexity index is 516. The Hall–Kier alpha value is -2.44. The zero-order valence-corrected chi connectivity index (χ0v) is 12.5. The van der Waals surface area contributed by atoms with E-state index in [9.17, 15) is 19.2 Å². The minimum Gasteiger partial charge on any atom is -0.478 e. The molecule has 0 spiro atoms. The highest BCUT2D eigenvalue weighted by Crippen LogP contribution is 2.39. The van der Waals surface area contributed by atoms with Gasteiger partial charge in [-0.25, -0.2) is 9.59 Å². The van der Waals surface area contributed by atoms with Crippen LogP contribution in [0.3, 0.4) is 0 Å². The second-order valence-electron chi connectivity index (χ2n) is 5.01. The average Bonchev–Trinajstić information content (AvgIpc) is 2.49. The molecular weight excluding hydrogens is 288 g/mol. The predicted octanol–water partition coefficient (Wildman–Crippen LogP) is 1.51. The van der Waals surface area contributed by atoms with Gasteiger partial charge in [0.2, 0.25) is 11.8 Å². The summed E-state index contributed by atoms with van der Waals surface area (Å²) < 4.78 is 0. The van der Waals surface area contributed by atoms with Crippen molar-refractivity contribution in [3.8, 4) is 0 Å². The van der Waals surface area contributed by atoms with Gasteiger partial charge in [-0.15, -0.1) is 0 Å². The van der Waals surface area contributed by atoms with Gasteiger partial charge in [0.1, 0.15) is 5.41 Å². The van der Waals surface area contributed by atoms with Crippen LogP contribution in [0.5, 0.6) is 0 Å². The smallest absolute Gasteiger partial charge is 0.328 e. The highest BCUT2D eigenvalue weighted by molar-refractivity contribution is 6.21. The molecule has 2 rings (SSSR count). The minimum absolute atomic E-state index is 0.379. The van der Waals surface area contributed by atoms with E-state index in [1.54, 1.807) is 6.92 Å². The third kappa shape index (κ3) is 3.60. The Kier molecular flexibility index (Phi) is 6.03. The first-order valence-electron chi connectivity index (χ1n) is 7.10. The molecule has 4 amide bonds. The summed E-state index contributed by atoms with van der Waals surface area (Å²) in [6.45, 7) is 4.76. The molecule has 22 heavy (non-hydrogen) atoms. The summed E-state index contributed by atoms with van der Waals surface area (Å²) in [5.41, 5.74) is -0.317. The van der Waals surface area contributed by atoms with Crippen LogP contribution in [0.2, 0.25) is 0 Å². The molecule has 0 atom stereocenters. The van der Waals surface area contributed by atoms with E-state index in [1.165, 1.54) is 0 Å². The zero-order valence-electron chi connectivity index (χ0n) is 12.5. The van der Waals surface area contributed by atoms with Gasteiger partial charge in [0.15, 0.2) is 0 Å². The fourth-order valence-electron chi connectivity index (χ4n) is 2.62. The molecule has 0 radical (unpaired) electrons. The molecule has 3 N–H and O–H groups in total. The van der Waals surface area contributed by atoms with Gasteiger partial charge in [-0.3, -0.25) is 20.2 Å². The van der Waals surface area contributed by atoms with Crippen molar-refractivity contribution in [3.63, 3.8) is 0 Å². The molecule has 0 bridgehead atoms. The summed E-state index contributed by atoms with van der Waals surface area (Å²) in [4.78, 5) is 44.4. The van der Waals surface area contributed by atoms with Gasteiger partial charge in [-0.1, -0.05) is 19.6 Å². The number of carbonyl (C=O) groups is 4. The van der Waals surface area contributed by atoms with E-state index in [-0.39, 0.29) is 0 Å². The molecule has 1 saturated heterocycles. The molecule has 1 fully saturated rings. The standard InChI is InChI=1S/C12H16N2O3.C3H4O2/c1-2-12(8-6-4-3-5-7-8)9(15)13-11(17)14-10(12)16;1-2-3(4)5/h6H,2-5,7H2,1H3,(H2,13,14,15,16,17);2H,1H2,(H,4,5). The molecule has 0 unspecified atom stereocenters. The molecule has 0 aromatic rings. The summed E-state index contributed by atoms with van der Waals surface area (Å²) in [5, 5.41) is 12.0. The predicted molar refractivity (Wildman–Crippen MR) is 78.8 cm³/mol. The van der Waals surface area contributed by atoms with Crippen molar-refractivity contribution >= 4 is 23.8 Å². The van der Waals surface area contributed by atoms with Crippen LogP contribution in [0.1, 0.15) is 39.0 Å². The molecular formula is C15H20N2O5. The molecule has 7 heteroatoms. The molecule has 0 saturated carbocycles. The number of barbiturate groups is 1. The highest BCUT2D eigenvalue weighted by atomic mass is 16.4. The lowest BCUT2D eigenvalue weighted by Crippen LogP contribution is -2.63. The first kappa shape index (κ1) is 17.6. The van der Waals surface area contributed by atoms with Crippen molar-refractivity contribution < 1.29 is 24.3 Å². The Morgan fingerprint density at radius 2 is 1.86 bits per heavy atom. The number of urea groups is 1. The number of imide groups is 2. The normalized spacial score (nSPS) is 19.9. The topological polar surface area (TPSA) is 113 Å². The maximum absolute atomic E-state index is 12.0. The van der Waals surface area contributed by atoms with Gasteiger partial charge < -0.3 is 5.11 Å². The number of nitrogens with one attached hydrogen (secondary N) is 2. The Morgan fingerprint density at radius 1 is 1.32 bits per heavy atom. The number of carboxylic acid groups (broad SMARTS) is 1. The maximum Gasteiger partial charge on any atom is 0.328 e. The highest BCUT2D eigenvalue weighted by Gasteiger charge is 2.51. The second-order valence-corrected chi connectivity index (χ2v) is 5.01. The van der Waals surface area contributed by atoms with Crippen LogP contribution in [0.4, 0.5) is 4.79 Å². The number of aliphatic carboxylic acids is 1. The third-order valence-electron chi connectivity index (χ3n) is 3.77. The van der Waals surface area contributed by atoms with Crippen LogP contribution < -0.4 is 10.6 Å². The first-order chi connectivity index (χ1) is 10.4. The number of carbonyl (C=O) groups excluding carboxylic acids is 3. The van der Waals surface area contributed by atoms with Crippen LogP contribution in [0.25, 0.3) is 0 Å². The zero-order chi connectivity index (χ0) is 16.8. The van der Waals surface area contributed by atoms with Crippen LogP contribution >= 0.6 is 0 Å². The van der Waals surface area contributed by atoms with Gasteiger partial charge in [-0.2, -0.15) is 0 Å². The molecule has 120 valence electrons. The molecule has 7 nitrogen and oxygen atoms in total. The summed E-state index contributed by atoms with van der Waals surface area (Å²) in [6, 6.07) is -0.722. The lowest BCUT2D eigenvalue weighted by molar-refractivity contribution is -0.142. The van der Waals surface area contributed by atoms with Crippen LogP contribution in [0, 0.1) is 5.41 Å². The summed E-state index contributed by atoms with van der Waals surface area (Å²) in [7, 11) is 0. The fraction of sp³-hybridized carbons (Fsp3) is 0.467. The van der Waals surface area contributed by atoms with E-state index in [2.05, 4.69) is 17.2 Å². The molecule has 1 heterocycles. The van der Waals surface area contributed by atoms with Crippen molar-refractivity contribution in [3.05, 3.63) is 24.3 Å². The van der Waals surface area contributed by atoms with Crippen LogP contribution in [-0.2, 0) is 14.4 Å². The van der Waals surface area contributed by atoms with Crippen molar-refractivity contribution in [2.75, 3.05) is 0 Å². The Morgan fingerprint density at radius 3 is 2.23 bits per heavy atom. The van der Waals surface area contributed by atoms with Gasteiger partial charge in [0, 0.05) is 6.08 Å². The van der Waals surface area contributed by atoms with E-state index in [0.29, 0.717) is 6.42 Å². The third-order valence-corrected chi connectivity index (χ3v) is 3.77. The molecule has 2 aliphatic rings. The van der Waals surface area contributed by atoms with E-state index in [1.807, 2.05) is 6.08 Å². The van der Waals surface area contributed by atoms with Crippen molar-refractivity contribution in [2.45, 2.75) is 39.0 Å². The average molecular weight is 308 g/mol. The fourth-order valence-corrected chi connectivity index (χ4v) is 2.62. The summed E-state index contributed by atoms with van der Waals surface area (Å²) in [5.74, 6) is -1.95. The lowest BCUT2D eigenvalue weighted by atomic mass is 9.71. The Labute approximate surface area is 128 Å². The van der Waals surface area contributed by atoms with Gasteiger partial charge in [0.05, 0.1) is 0 Å². The summed E-state index contributed by atoms with van der Waals surface area (Å²) >= 11 is 0. The number of hydrogen-bond donors (Lipinski definition) is 3. The first-order valence-corrected chi connectivity index (χ1v) is 7.10. The summed E-state index contributed by atoms with van der Waals surface area (Å²) in [6.07, 6.45) is 6.91. The van der Waals surface area contributed by atoms with Gasteiger partial charge in [-0.05, 0) is 37.7 Å². The van der Waals surface area contributed by atoms with E-state index < -0.39 is 29.2 Å². The monoisotopic (exact) mass is 308 g/mol. The maximum atomic E-state index is 12.0. The largest absolute Gasteiger partial charge is 0.478 e. The molecule has 0 aromatic carbocycles.